The Labute approximate surface area is 76.6 Å². The highest BCUT2D eigenvalue weighted by atomic mass is 16.2. The van der Waals surface area contributed by atoms with Crippen LogP contribution in [0.25, 0.3) is 0 Å². The van der Waals surface area contributed by atoms with E-state index in [4.69, 9.17) is 5.26 Å². The van der Waals surface area contributed by atoms with Gasteiger partial charge in [-0.1, -0.05) is 4.68 Å². The van der Waals surface area contributed by atoms with Gasteiger partial charge in [0.15, 0.2) is 6.20 Å². The number of pyridine rings is 1. The maximum Gasteiger partial charge on any atom is 0.274 e. The third-order valence-corrected chi connectivity index (χ3v) is 1.72. The van der Waals surface area contributed by atoms with Crippen molar-refractivity contribution < 1.29 is 9.47 Å². The summed E-state index contributed by atoms with van der Waals surface area (Å²) in [6.07, 6.45) is 3.31. The Bertz CT molecular complexity index is 367. The van der Waals surface area contributed by atoms with Gasteiger partial charge in [-0.25, -0.2) is 0 Å². The minimum Gasteiger partial charge on any atom is -0.269 e. The van der Waals surface area contributed by atoms with Gasteiger partial charge < -0.3 is 0 Å². The highest BCUT2D eigenvalue weighted by Gasteiger charge is 2.12. The molecule has 1 amide bonds. The first-order chi connectivity index (χ1) is 6.15. The Morgan fingerprint density at radius 2 is 2.38 bits per heavy atom. The predicted molar refractivity (Wildman–Crippen MR) is 46.2 cm³/mol. The average molecular weight is 176 g/mol. The van der Waals surface area contributed by atoms with Gasteiger partial charge in [-0.15, -0.1) is 5.01 Å². The second-order valence-corrected chi connectivity index (χ2v) is 2.63. The predicted octanol–water partition coefficient (Wildman–Crippen LogP) is -0.0399. The highest BCUT2D eigenvalue weighted by Crippen LogP contribution is 1.90. The van der Waals surface area contributed by atoms with Gasteiger partial charge >= 0.3 is 0 Å². The fraction of sp³-hybridized carbons (Fsp3) is 0.222. The molecule has 0 aliphatic rings. The van der Waals surface area contributed by atoms with E-state index in [9.17, 15) is 4.79 Å². The van der Waals surface area contributed by atoms with E-state index in [1.807, 2.05) is 6.07 Å². The maximum atomic E-state index is 11.0. The van der Waals surface area contributed by atoms with E-state index in [-0.39, 0.29) is 5.91 Å². The number of nitrogens with zero attached hydrogens (tertiary/aromatic N) is 3. The van der Waals surface area contributed by atoms with Crippen molar-refractivity contribution in [3.63, 3.8) is 0 Å². The second kappa shape index (κ2) is 3.68. The molecule has 0 N–H and O–H groups in total. The number of hydrogen-bond donors (Lipinski definition) is 0. The number of rotatable bonds is 1. The molecular weight excluding hydrogens is 166 g/mol. The number of amides is 1. The van der Waals surface area contributed by atoms with Gasteiger partial charge in [-0.3, -0.25) is 4.79 Å². The standard InChI is InChI=1S/C9H10N3O/c1-8(13)11(2)12-5-3-4-9(6-10)7-12/h3-5,7H,1-2H3/q+1. The lowest BCUT2D eigenvalue weighted by Crippen LogP contribution is -2.57. The van der Waals surface area contributed by atoms with E-state index in [0.717, 1.165) is 0 Å². The molecule has 1 aromatic rings. The number of aromatic nitrogens is 1. The van der Waals surface area contributed by atoms with Crippen LogP contribution in [-0.2, 0) is 4.79 Å². The Morgan fingerprint density at radius 3 is 2.92 bits per heavy atom. The zero-order valence-corrected chi connectivity index (χ0v) is 7.56. The van der Waals surface area contributed by atoms with E-state index >= 15 is 0 Å². The summed E-state index contributed by atoms with van der Waals surface area (Å²) >= 11 is 0. The summed E-state index contributed by atoms with van der Waals surface area (Å²) in [5, 5.41) is 10.0. The SMILES string of the molecule is CC(=O)N(C)[n+]1cccc(C#N)c1. The van der Waals surface area contributed by atoms with Crippen molar-refractivity contribution in [1.82, 2.24) is 0 Å². The van der Waals surface area contributed by atoms with Gasteiger partial charge in [0.25, 0.3) is 5.91 Å². The summed E-state index contributed by atoms with van der Waals surface area (Å²) in [4.78, 5) is 11.0. The van der Waals surface area contributed by atoms with Gasteiger partial charge in [-0.2, -0.15) is 5.26 Å². The van der Waals surface area contributed by atoms with Crippen LogP contribution in [0.2, 0.25) is 0 Å². The zero-order chi connectivity index (χ0) is 9.84. The topological polar surface area (TPSA) is 48.0 Å². The molecule has 0 aromatic carbocycles. The van der Waals surface area contributed by atoms with Crippen molar-refractivity contribution in [3.8, 4) is 6.07 Å². The first-order valence-electron chi connectivity index (χ1n) is 3.81. The molecule has 0 saturated heterocycles. The zero-order valence-electron chi connectivity index (χ0n) is 7.56. The van der Waals surface area contributed by atoms with Crippen molar-refractivity contribution in [1.29, 1.82) is 5.26 Å². The van der Waals surface area contributed by atoms with Gasteiger partial charge in [0.2, 0.25) is 6.20 Å². The van der Waals surface area contributed by atoms with Crippen LogP contribution in [0, 0.1) is 11.3 Å². The van der Waals surface area contributed by atoms with Crippen molar-refractivity contribution in [3.05, 3.63) is 30.1 Å². The molecule has 0 unspecified atom stereocenters. The molecule has 4 heteroatoms. The first kappa shape index (κ1) is 9.20. The normalized spacial score (nSPS) is 9.00. The Kier molecular flexibility index (Phi) is 2.60. The summed E-state index contributed by atoms with van der Waals surface area (Å²) < 4.78 is 1.57. The molecule has 0 spiro atoms. The van der Waals surface area contributed by atoms with Crippen LogP contribution in [0.5, 0.6) is 0 Å². The quantitative estimate of drug-likeness (QED) is 0.564. The lowest BCUT2D eigenvalue weighted by molar-refractivity contribution is -0.680. The molecule has 66 valence electrons. The minimum atomic E-state index is -0.0833. The van der Waals surface area contributed by atoms with E-state index < -0.39 is 0 Å². The van der Waals surface area contributed by atoms with Gasteiger partial charge in [-0.05, 0) is 6.07 Å². The molecule has 0 atom stereocenters. The maximum absolute atomic E-state index is 11.0. The highest BCUT2D eigenvalue weighted by molar-refractivity contribution is 5.80. The molecule has 0 bridgehead atoms. The van der Waals surface area contributed by atoms with Crippen LogP contribution in [-0.4, -0.2) is 13.0 Å². The number of carbonyl (C=O) groups is 1. The third-order valence-electron chi connectivity index (χ3n) is 1.72. The number of hydrogen-bond acceptors (Lipinski definition) is 2. The lowest BCUT2D eigenvalue weighted by atomic mass is 10.3. The molecular formula is C9H10N3O+. The molecule has 0 saturated carbocycles. The minimum absolute atomic E-state index is 0.0833. The fourth-order valence-electron chi connectivity index (χ4n) is 0.879. The van der Waals surface area contributed by atoms with Crippen LogP contribution in [0.3, 0.4) is 0 Å². The fourth-order valence-corrected chi connectivity index (χ4v) is 0.879. The molecule has 1 heterocycles. The summed E-state index contributed by atoms with van der Waals surface area (Å²) in [5.41, 5.74) is 0.524. The molecule has 0 radical (unpaired) electrons. The van der Waals surface area contributed by atoms with Gasteiger partial charge in [0, 0.05) is 13.0 Å². The Hall–Kier alpha value is -1.89. The van der Waals surface area contributed by atoms with E-state index in [1.54, 1.807) is 36.3 Å². The van der Waals surface area contributed by atoms with Crippen molar-refractivity contribution in [2.45, 2.75) is 6.92 Å². The Morgan fingerprint density at radius 1 is 1.69 bits per heavy atom. The number of carbonyl (C=O) groups excluding carboxylic acids is 1. The molecule has 4 nitrogen and oxygen atoms in total. The van der Waals surface area contributed by atoms with Gasteiger partial charge in [0.05, 0.1) is 7.05 Å². The largest absolute Gasteiger partial charge is 0.274 e. The van der Waals surface area contributed by atoms with Gasteiger partial charge in [0.1, 0.15) is 11.6 Å². The molecule has 0 fully saturated rings. The monoisotopic (exact) mass is 176 g/mol. The Balaban J connectivity index is 3.03. The summed E-state index contributed by atoms with van der Waals surface area (Å²) in [6.45, 7) is 1.46. The second-order valence-electron chi connectivity index (χ2n) is 2.63. The van der Waals surface area contributed by atoms with Crippen molar-refractivity contribution >= 4 is 5.91 Å². The lowest BCUT2D eigenvalue weighted by Gasteiger charge is -2.06. The summed E-state index contributed by atoms with van der Waals surface area (Å²) in [7, 11) is 1.64. The smallest absolute Gasteiger partial charge is 0.269 e. The molecule has 1 aromatic heterocycles. The summed E-state index contributed by atoms with van der Waals surface area (Å²) in [5.74, 6) is -0.0833. The van der Waals surface area contributed by atoms with Crippen LogP contribution >= 0.6 is 0 Å². The van der Waals surface area contributed by atoms with Crippen LogP contribution in [0.15, 0.2) is 24.5 Å². The van der Waals surface area contributed by atoms with Crippen molar-refractivity contribution in [2.75, 3.05) is 12.1 Å². The average Bonchev–Trinajstić information content (AvgIpc) is 2.16. The van der Waals surface area contributed by atoms with Crippen LogP contribution in [0.1, 0.15) is 12.5 Å². The van der Waals surface area contributed by atoms with E-state index in [1.165, 1.54) is 11.9 Å². The first-order valence-corrected chi connectivity index (χ1v) is 3.81. The molecule has 0 aliphatic carbocycles. The third kappa shape index (κ3) is 2.03. The van der Waals surface area contributed by atoms with Crippen molar-refractivity contribution in [2.24, 2.45) is 0 Å². The summed E-state index contributed by atoms with van der Waals surface area (Å²) in [6, 6.07) is 5.41. The molecule has 0 aliphatic heterocycles. The molecule has 13 heavy (non-hydrogen) atoms. The number of nitriles is 1. The van der Waals surface area contributed by atoms with Crippen LogP contribution < -0.4 is 9.69 Å². The van der Waals surface area contributed by atoms with E-state index in [2.05, 4.69) is 0 Å². The van der Waals surface area contributed by atoms with E-state index in [0.29, 0.717) is 5.56 Å². The van der Waals surface area contributed by atoms with Crippen LogP contribution in [0.4, 0.5) is 0 Å². The molecule has 1 rings (SSSR count).